The molecule has 2 aliphatic carbocycles. The Morgan fingerprint density at radius 3 is 1.43 bits per heavy atom. The Hall–Kier alpha value is -0.200. The summed E-state index contributed by atoms with van der Waals surface area (Å²) in [5, 5.41) is 0. The molecule has 5 nitrogen and oxygen atoms in total. The second kappa shape index (κ2) is 12.5. The Morgan fingerprint density at radius 1 is 0.595 bits per heavy atom. The number of ether oxygens (including phenoxy) is 5. The van der Waals surface area contributed by atoms with Crippen molar-refractivity contribution in [3.63, 3.8) is 0 Å². The van der Waals surface area contributed by atoms with Crippen molar-refractivity contribution in [2.45, 2.75) is 129 Å². The zero-order valence-corrected chi connectivity index (χ0v) is 24.5. The number of hydrogen-bond acceptors (Lipinski definition) is 5. The first kappa shape index (κ1) is 28.3. The standard InChI is InChI=1S/C32H56O5/c1-6-9-23-14-25(12-21(7-2)30(23)36-19-28-17-34-28)32(4,5)26-13-22(8-3)31(37-20-29-18-35-29)24(15-26)10-11-27-16-33-27/h21-31H,6-20H2,1-5H3. The van der Waals surface area contributed by atoms with Gasteiger partial charge in [0.2, 0.25) is 0 Å². The van der Waals surface area contributed by atoms with Gasteiger partial charge in [-0.15, -0.1) is 0 Å². The van der Waals surface area contributed by atoms with Crippen LogP contribution in [0.25, 0.3) is 0 Å². The van der Waals surface area contributed by atoms with Crippen LogP contribution in [0.4, 0.5) is 0 Å². The predicted octanol–water partition coefficient (Wildman–Crippen LogP) is 6.66. The highest BCUT2D eigenvalue weighted by Crippen LogP contribution is 2.55. The molecule has 214 valence electrons. The minimum Gasteiger partial charge on any atom is -0.375 e. The summed E-state index contributed by atoms with van der Waals surface area (Å²) >= 11 is 0. The topological polar surface area (TPSA) is 56.0 Å². The van der Waals surface area contributed by atoms with Gasteiger partial charge in [-0.3, -0.25) is 0 Å². The summed E-state index contributed by atoms with van der Waals surface area (Å²) in [6, 6.07) is 0. The lowest BCUT2D eigenvalue weighted by Gasteiger charge is -2.53. The van der Waals surface area contributed by atoms with Crippen LogP contribution in [-0.4, -0.2) is 63.6 Å². The molecule has 2 saturated carbocycles. The maximum atomic E-state index is 6.64. The van der Waals surface area contributed by atoms with Gasteiger partial charge in [0.25, 0.3) is 0 Å². The van der Waals surface area contributed by atoms with Crippen LogP contribution in [0.1, 0.15) is 98.8 Å². The number of rotatable bonds is 15. The van der Waals surface area contributed by atoms with Crippen LogP contribution in [0.5, 0.6) is 0 Å². The Kier molecular flexibility index (Phi) is 9.60. The SMILES string of the molecule is CCCC1CC(C(C)(C)C2CC(CC)C(OCC3CO3)C(CCC3CO3)C2)CC(CC)C1OCC1CO1. The van der Waals surface area contributed by atoms with E-state index in [0.29, 0.717) is 59.6 Å². The molecule has 5 rings (SSSR count). The van der Waals surface area contributed by atoms with Crippen molar-refractivity contribution in [1.29, 1.82) is 0 Å². The summed E-state index contributed by atoms with van der Waals surface area (Å²) in [6.07, 6.45) is 14.8. The molecular weight excluding hydrogens is 464 g/mol. The summed E-state index contributed by atoms with van der Waals surface area (Å²) in [5.41, 5.74) is 0.344. The van der Waals surface area contributed by atoms with Gasteiger partial charge in [-0.25, -0.2) is 0 Å². The van der Waals surface area contributed by atoms with E-state index in [0.717, 1.165) is 44.9 Å². The van der Waals surface area contributed by atoms with Crippen LogP contribution >= 0.6 is 0 Å². The molecule has 0 aromatic carbocycles. The lowest BCUT2D eigenvalue weighted by atomic mass is 9.54. The third-order valence-electron chi connectivity index (χ3n) is 11.0. The van der Waals surface area contributed by atoms with E-state index in [-0.39, 0.29) is 0 Å². The normalized spacial score (nSPS) is 43.5. The van der Waals surface area contributed by atoms with Gasteiger partial charge in [0.1, 0.15) is 12.2 Å². The largest absolute Gasteiger partial charge is 0.375 e. The van der Waals surface area contributed by atoms with Gasteiger partial charge >= 0.3 is 0 Å². The van der Waals surface area contributed by atoms with Gasteiger partial charge in [0, 0.05) is 0 Å². The van der Waals surface area contributed by atoms with E-state index in [1.807, 2.05) is 0 Å². The summed E-state index contributed by atoms with van der Waals surface area (Å²) in [5.74, 6) is 4.22. The molecule has 5 aliphatic rings. The van der Waals surface area contributed by atoms with Crippen LogP contribution < -0.4 is 0 Å². The van der Waals surface area contributed by atoms with Crippen LogP contribution in [0.15, 0.2) is 0 Å². The van der Waals surface area contributed by atoms with Gasteiger partial charge in [-0.05, 0) is 85.9 Å². The van der Waals surface area contributed by atoms with Crippen molar-refractivity contribution in [2.75, 3.05) is 33.0 Å². The molecule has 5 heteroatoms. The molecule has 0 amide bonds. The lowest BCUT2D eigenvalue weighted by Crippen LogP contribution is -2.49. The molecule has 5 fully saturated rings. The summed E-state index contributed by atoms with van der Waals surface area (Å²) < 4.78 is 29.8. The molecule has 0 N–H and O–H groups in total. The third kappa shape index (κ3) is 7.31. The molecule has 11 unspecified atom stereocenters. The molecule has 0 bridgehead atoms. The number of hydrogen-bond donors (Lipinski definition) is 0. The first-order valence-corrected chi connectivity index (χ1v) is 16.0. The molecule has 3 aliphatic heterocycles. The molecule has 0 radical (unpaired) electrons. The van der Waals surface area contributed by atoms with Gasteiger partial charge in [0.15, 0.2) is 0 Å². The first-order valence-electron chi connectivity index (χ1n) is 16.0. The van der Waals surface area contributed by atoms with Gasteiger partial charge < -0.3 is 23.7 Å². The van der Waals surface area contributed by atoms with Crippen molar-refractivity contribution >= 4 is 0 Å². The molecule has 3 saturated heterocycles. The fraction of sp³-hybridized carbons (Fsp3) is 1.00. The first-order chi connectivity index (χ1) is 17.9. The van der Waals surface area contributed by atoms with E-state index in [2.05, 4.69) is 34.6 Å². The van der Waals surface area contributed by atoms with Crippen molar-refractivity contribution in [3.8, 4) is 0 Å². The van der Waals surface area contributed by atoms with E-state index >= 15 is 0 Å². The minimum absolute atomic E-state index is 0.344. The highest BCUT2D eigenvalue weighted by molar-refractivity contribution is 4.99. The van der Waals surface area contributed by atoms with Crippen molar-refractivity contribution in [1.82, 2.24) is 0 Å². The summed E-state index contributed by atoms with van der Waals surface area (Å²) in [4.78, 5) is 0. The zero-order chi connectivity index (χ0) is 26.0. The fourth-order valence-corrected chi connectivity index (χ4v) is 8.19. The quantitative estimate of drug-likeness (QED) is 0.226. The second-order valence-electron chi connectivity index (χ2n) is 13.8. The molecular formula is C32H56O5. The smallest absolute Gasteiger partial charge is 0.104 e. The Bertz CT molecular complexity index is 699. The van der Waals surface area contributed by atoms with Crippen molar-refractivity contribution < 1.29 is 23.7 Å². The second-order valence-corrected chi connectivity index (χ2v) is 13.8. The maximum Gasteiger partial charge on any atom is 0.104 e. The van der Waals surface area contributed by atoms with Crippen molar-refractivity contribution in [3.05, 3.63) is 0 Å². The molecule has 3 heterocycles. The predicted molar refractivity (Wildman–Crippen MR) is 147 cm³/mol. The van der Waals surface area contributed by atoms with Crippen molar-refractivity contribution in [2.24, 2.45) is 40.9 Å². The highest BCUT2D eigenvalue weighted by Gasteiger charge is 2.49. The molecule has 0 aromatic rings. The van der Waals surface area contributed by atoms with E-state index in [4.69, 9.17) is 23.7 Å². The molecule has 11 atom stereocenters. The third-order valence-corrected chi connectivity index (χ3v) is 11.0. The van der Waals surface area contributed by atoms with E-state index in [9.17, 15) is 0 Å². The Balaban J connectivity index is 1.28. The van der Waals surface area contributed by atoms with E-state index < -0.39 is 0 Å². The monoisotopic (exact) mass is 520 g/mol. The van der Waals surface area contributed by atoms with Crippen LogP contribution in [-0.2, 0) is 23.7 Å². The molecule has 37 heavy (non-hydrogen) atoms. The van der Waals surface area contributed by atoms with Crippen LogP contribution in [0.3, 0.4) is 0 Å². The Labute approximate surface area is 227 Å². The lowest BCUT2D eigenvalue weighted by molar-refractivity contribution is -0.116. The average Bonchev–Trinajstić information content (AvgIpc) is 3.75. The summed E-state index contributed by atoms with van der Waals surface area (Å²) in [6.45, 7) is 16.7. The van der Waals surface area contributed by atoms with Crippen LogP contribution in [0.2, 0.25) is 0 Å². The molecule has 0 spiro atoms. The average molecular weight is 521 g/mol. The maximum absolute atomic E-state index is 6.64. The Morgan fingerprint density at radius 2 is 1.03 bits per heavy atom. The van der Waals surface area contributed by atoms with Gasteiger partial charge in [0.05, 0.1) is 51.3 Å². The summed E-state index contributed by atoms with van der Waals surface area (Å²) in [7, 11) is 0. The van der Waals surface area contributed by atoms with Gasteiger partial charge in [-0.2, -0.15) is 0 Å². The highest BCUT2D eigenvalue weighted by atomic mass is 16.6. The van der Waals surface area contributed by atoms with E-state index in [1.54, 1.807) is 0 Å². The zero-order valence-electron chi connectivity index (χ0n) is 24.5. The van der Waals surface area contributed by atoms with Gasteiger partial charge in [-0.1, -0.05) is 53.9 Å². The van der Waals surface area contributed by atoms with E-state index in [1.165, 1.54) is 64.2 Å². The van der Waals surface area contributed by atoms with Crippen LogP contribution in [0, 0.1) is 40.9 Å². The minimum atomic E-state index is 0.344. The fourth-order valence-electron chi connectivity index (χ4n) is 8.19. The number of epoxide rings is 3. The molecule has 0 aromatic heterocycles.